The fourth-order valence-electron chi connectivity index (χ4n) is 0.836. The van der Waals surface area contributed by atoms with E-state index in [9.17, 15) is 0 Å². The van der Waals surface area contributed by atoms with E-state index in [-0.39, 0.29) is 0 Å². The zero-order valence-corrected chi connectivity index (χ0v) is 10.8. The molecule has 0 N–H and O–H groups in total. The van der Waals surface area contributed by atoms with Crippen molar-refractivity contribution in [3.8, 4) is 10.7 Å². The van der Waals surface area contributed by atoms with Crippen LogP contribution in [0.2, 0.25) is 0 Å². The van der Waals surface area contributed by atoms with Crippen LogP contribution in [0, 0.1) is 3.01 Å². The summed E-state index contributed by atoms with van der Waals surface area (Å²) in [6.07, 6.45) is 0. The van der Waals surface area contributed by atoms with Gasteiger partial charge in [0, 0.05) is 0 Å². The van der Waals surface area contributed by atoms with Crippen LogP contribution in [0.5, 0.6) is 0 Å². The lowest BCUT2D eigenvalue weighted by Crippen LogP contribution is -1.82. The topological polar surface area (TPSA) is 38.7 Å². The third-order valence-electron chi connectivity index (χ3n) is 1.33. The fourth-order valence-corrected chi connectivity index (χ4v) is 2.45. The highest BCUT2D eigenvalue weighted by atomic mass is 127. The van der Waals surface area contributed by atoms with Gasteiger partial charge in [-0.2, -0.15) is 0 Å². The second kappa shape index (κ2) is 3.97. The van der Waals surface area contributed by atoms with E-state index in [1.807, 2.05) is 18.2 Å². The van der Waals surface area contributed by atoms with Gasteiger partial charge in [-0.3, -0.25) is 0 Å². The van der Waals surface area contributed by atoms with Crippen molar-refractivity contribution in [3.63, 3.8) is 0 Å². The van der Waals surface area contributed by atoms with Crippen LogP contribution in [0.1, 0.15) is 0 Å². The molecular weight excluding hydrogens is 365 g/mol. The van der Waals surface area contributed by atoms with Gasteiger partial charge in [-0.05, 0) is 50.7 Å². The average molecular weight is 368 g/mol. The molecular formula is C7H3BrIN3S. The molecule has 2 heterocycles. The van der Waals surface area contributed by atoms with Crippen LogP contribution < -0.4 is 0 Å². The standard InChI is InChI=1S/C7H3BrIN3S/c8-5-3-1-2-4(10-5)6-11-12-7(9)13-6/h1-3H. The van der Waals surface area contributed by atoms with Crippen molar-refractivity contribution in [2.75, 3.05) is 0 Å². The minimum atomic E-state index is 0.815. The van der Waals surface area contributed by atoms with E-state index < -0.39 is 0 Å². The fraction of sp³-hybridized carbons (Fsp3) is 0. The maximum Gasteiger partial charge on any atom is 0.178 e. The number of aromatic nitrogens is 3. The molecule has 0 saturated carbocycles. The van der Waals surface area contributed by atoms with E-state index in [0.29, 0.717) is 0 Å². The van der Waals surface area contributed by atoms with Crippen molar-refractivity contribution in [2.45, 2.75) is 0 Å². The van der Waals surface area contributed by atoms with E-state index in [4.69, 9.17) is 0 Å². The number of hydrogen-bond acceptors (Lipinski definition) is 4. The third-order valence-corrected chi connectivity index (χ3v) is 3.39. The summed E-state index contributed by atoms with van der Waals surface area (Å²) in [5.41, 5.74) is 0.856. The van der Waals surface area contributed by atoms with Gasteiger partial charge < -0.3 is 0 Å². The van der Waals surface area contributed by atoms with Crippen LogP contribution in [0.15, 0.2) is 22.8 Å². The van der Waals surface area contributed by atoms with Gasteiger partial charge in [-0.15, -0.1) is 10.2 Å². The molecule has 0 aliphatic rings. The molecule has 2 aromatic heterocycles. The lowest BCUT2D eigenvalue weighted by atomic mass is 10.4. The van der Waals surface area contributed by atoms with E-state index in [2.05, 4.69) is 53.7 Å². The summed E-state index contributed by atoms with van der Waals surface area (Å²) in [4.78, 5) is 4.28. The Balaban J connectivity index is 2.46. The molecule has 0 aliphatic carbocycles. The maximum absolute atomic E-state index is 4.28. The number of pyridine rings is 1. The number of nitrogens with zero attached hydrogens (tertiary/aromatic N) is 3. The van der Waals surface area contributed by atoms with Crippen molar-refractivity contribution in [2.24, 2.45) is 0 Å². The van der Waals surface area contributed by atoms with Gasteiger partial charge in [0.15, 0.2) is 8.02 Å². The molecule has 66 valence electrons. The zero-order chi connectivity index (χ0) is 9.26. The van der Waals surface area contributed by atoms with Gasteiger partial charge in [0.2, 0.25) is 0 Å². The Bertz CT molecular complexity index is 431. The lowest BCUT2D eigenvalue weighted by Gasteiger charge is -1.93. The molecule has 0 amide bonds. The van der Waals surface area contributed by atoms with Crippen LogP contribution in [-0.2, 0) is 0 Å². The number of hydrogen-bond donors (Lipinski definition) is 0. The monoisotopic (exact) mass is 367 g/mol. The Kier molecular flexibility index (Phi) is 2.89. The molecule has 3 nitrogen and oxygen atoms in total. The van der Waals surface area contributed by atoms with Crippen molar-refractivity contribution < 1.29 is 0 Å². The third kappa shape index (κ3) is 2.23. The molecule has 13 heavy (non-hydrogen) atoms. The normalized spacial score (nSPS) is 10.3. The van der Waals surface area contributed by atoms with Gasteiger partial charge >= 0.3 is 0 Å². The second-order valence-corrected chi connectivity index (χ2v) is 5.75. The summed E-state index contributed by atoms with van der Waals surface area (Å²) in [5.74, 6) is 0. The molecule has 0 bridgehead atoms. The first-order valence-corrected chi connectivity index (χ1v) is 6.06. The van der Waals surface area contributed by atoms with Crippen LogP contribution in [0.4, 0.5) is 0 Å². The molecule has 2 rings (SSSR count). The highest BCUT2D eigenvalue weighted by Crippen LogP contribution is 2.23. The number of halogens is 2. The van der Waals surface area contributed by atoms with Crippen LogP contribution >= 0.6 is 49.9 Å². The van der Waals surface area contributed by atoms with E-state index >= 15 is 0 Å². The summed E-state index contributed by atoms with van der Waals surface area (Å²) in [6, 6.07) is 5.73. The van der Waals surface area contributed by atoms with Crippen molar-refractivity contribution in [3.05, 3.63) is 25.8 Å². The van der Waals surface area contributed by atoms with Gasteiger partial charge in [-0.1, -0.05) is 17.4 Å². The maximum atomic E-state index is 4.28. The summed E-state index contributed by atoms with van der Waals surface area (Å²) in [6.45, 7) is 0. The van der Waals surface area contributed by atoms with E-state index in [1.165, 1.54) is 11.3 Å². The molecule has 0 saturated heterocycles. The van der Waals surface area contributed by atoms with Gasteiger partial charge in [-0.25, -0.2) is 4.98 Å². The summed E-state index contributed by atoms with van der Waals surface area (Å²) < 4.78 is 1.74. The summed E-state index contributed by atoms with van der Waals surface area (Å²) in [7, 11) is 0. The smallest absolute Gasteiger partial charge is 0.178 e. The van der Waals surface area contributed by atoms with Crippen LogP contribution in [0.25, 0.3) is 10.7 Å². The minimum absolute atomic E-state index is 0.815. The highest BCUT2D eigenvalue weighted by Gasteiger charge is 2.05. The Morgan fingerprint density at radius 2 is 2.15 bits per heavy atom. The largest absolute Gasteiger partial charge is 0.238 e. The second-order valence-electron chi connectivity index (χ2n) is 2.21. The number of rotatable bonds is 1. The lowest BCUT2D eigenvalue weighted by molar-refractivity contribution is 1.06. The summed E-state index contributed by atoms with van der Waals surface area (Å²) >= 11 is 6.98. The van der Waals surface area contributed by atoms with Crippen molar-refractivity contribution in [1.82, 2.24) is 15.2 Å². The van der Waals surface area contributed by atoms with Crippen LogP contribution in [0.3, 0.4) is 0 Å². The SMILES string of the molecule is Brc1cccc(-c2nnc(I)s2)n1. The predicted molar refractivity (Wildman–Crippen MR) is 63.6 cm³/mol. The average Bonchev–Trinajstić information content (AvgIpc) is 2.52. The van der Waals surface area contributed by atoms with E-state index in [1.54, 1.807) is 0 Å². The molecule has 0 aromatic carbocycles. The molecule has 6 heteroatoms. The first-order valence-electron chi connectivity index (χ1n) is 3.37. The summed E-state index contributed by atoms with van der Waals surface area (Å²) in [5, 5.41) is 8.78. The Hall–Kier alpha value is -0.0800. The zero-order valence-electron chi connectivity index (χ0n) is 6.24. The van der Waals surface area contributed by atoms with Gasteiger partial charge in [0.25, 0.3) is 0 Å². The first-order chi connectivity index (χ1) is 6.25. The quantitative estimate of drug-likeness (QED) is 0.574. The molecule has 0 atom stereocenters. The molecule has 0 aliphatic heterocycles. The minimum Gasteiger partial charge on any atom is -0.238 e. The highest BCUT2D eigenvalue weighted by molar-refractivity contribution is 14.1. The molecule has 2 aromatic rings. The molecule has 0 unspecified atom stereocenters. The van der Waals surface area contributed by atoms with E-state index in [0.717, 1.165) is 18.3 Å². The van der Waals surface area contributed by atoms with Gasteiger partial charge in [0.05, 0.1) is 0 Å². The van der Waals surface area contributed by atoms with Gasteiger partial charge in [0.1, 0.15) is 10.3 Å². The molecule has 0 spiro atoms. The Morgan fingerprint density at radius 3 is 2.77 bits per heavy atom. The van der Waals surface area contributed by atoms with Crippen molar-refractivity contribution in [1.29, 1.82) is 0 Å². The van der Waals surface area contributed by atoms with Crippen molar-refractivity contribution >= 4 is 49.9 Å². The van der Waals surface area contributed by atoms with Crippen LogP contribution in [-0.4, -0.2) is 15.2 Å². The Morgan fingerprint density at radius 1 is 1.31 bits per heavy atom. The Labute approximate surface area is 101 Å². The molecule has 0 fully saturated rings. The first kappa shape index (κ1) is 9.47. The predicted octanol–water partition coefficient (Wildman–Crippen LogP) is 2.97. The molecule has 0 radical (unpaired) electrons.